The van der Waals surface area contributed by atoms with Crippen molar-refractivity contribution in [3.63, 3.8) is 0 Å². The van der Waals surface area contributed by atoms with Crippen molar-refractivity contribution in [2.75, 3.05) is 21.1 Å². The molecule has 196 valence electrons. The van der Waals surface area contributed by atoms with Gasteiger partial charge in [0.15, 0.2) is 0 Å². The minimum absolute atomic E-state index is 0. The van der Waals surface area contributed by atoms with Gasteiger partial charge in [-0.3, -0.25) is 0 Å². The Morgan fingerprint density at radius 3 is 0.677 bits per heavy atom. The van der Waals surface area contributed by atoms with E-state index in [1.807, 2.05) is 0 Å². The van der Waals surface area contributed by atoms with Crippen LogP contribution in [0.1, 0.15) is 104 Å². The van der Waals surface area contributed by atoms with E-state index in [2.05, 4.69) is 35.0 Å². The van der Waals surface area contributed by atoms with E-state index in [9.17, 15) is 0 Å². The predicted octanol–water partition coefficient (Wildman–Crippen LogP) is 2.53. The van der Waals surface area contributed by atoms with Crippen LogP contribution in [0.2, 0.25) is 0 Å². The molecule has 0 aromatic heterocycles. The van der Waals surface area contributed by atoms with Crippen LogP contribution in [0.3, 0.4) is 0 Å². The van der Waals surface area contributed by atoms with Crippen LogP contribution in [0.4, 0.5) is 0 Å². The Balaban J connectivity index is -0.000000123. The standard InChI is InChI=1S/C16H34.C3H9N.H3N.8O.2Re/c1-3-5-7-9-11-13-15-16-14-12-10-8-6-4-2;1-4(2)3;;;;;;;;;;;/h3-16H2,1-2H3;1-3H3;1H3;;;;;;;;;;/q;;;;;;;;;2*-1;;/p+2. The van der Waals surface area contributed by atoms with Gasteiger partial charge < -0.3 is 11.1 Å². The van der Waals surface area contributed by atoms with Crippen LogP contribution in [0.15, 0.2) is 0 Å². The van der Waals surface area contributed by atoms with E-state index in [1.165, 1.54) is 94.8 Å². The summed E-state index contributed by atoms with van der Waals surface area (Å²) in [4.78, 5) is 1.42. The predicted molar refractivity (Wildman–Crippen MR) is 105 cm³/mol. The number of nitrogens with one attached hydrogen (secondary N) is 1. The van der Waals surface area contributed by atoms with E-state index in [4.69, 9.17) is 28.5 Å². The van der Waals surface area contributed by atoms with Gasteiger partial charge in [0.1, 0.15) is 0 Å². The Kier molecular flexibility index (Phi) is 39.9. The van der Waals surface area contributed by atoms with Gasteiger partial charge in [-0.2, -0.15) is 0 Å². The van der Waals surface area contributed by atoms with E-state index < -0.39 is 31.6 Å². The maximum absolute atomic E-state index is 8.64. The van der Waals surface area contributed by atoms with Gasteiger partial charge in [-0.1, -0.05) is 104 Å². The molecule has 5 N–H and O–H groups in total. The van der Waals surface area contributed by atoms with Gasteiger partial charge in [-0.15, -0.1) is 0 Å². The molecule has 0 atom stereocenters. The molecule has 0 aromatic carbocycles. The third kappa shape index (κ3) is 139. The second-order valence-corrected chi connectivity index (χ2v) is 12.9. The van der Waals surface area contributed by atoms with Gasteiger partial charge in [-0.25, -0.2) is 0 Å². The molecule has 0 saturated carbocycles. The molecule has 0 radical (unpaired) electrons. The zero-order chi connectivity index (χ0) is 24.5. The fourth-order valence-corrected chi connectivity index (χ4v) is 2.27. The fourth-order valence-electron chi connectivity index (χ4n) is 2.27. The van der Waals surface area contributed by atoms with Crippen LogP contribution < -0.4 is 18.7 Å². The first-order valence-corrected chi connectivity index (χ1v) is 19.5. The fraction of sp³-hybridized carbons (Fsp3) is 1.00. The molecule has 0 bridgehead atoms. The summed E-state index contributed by atoms with van der Waals surface area (Å²) in [7, 11) is 6.25. The van der Waals surface area contributed by atoms with E-state index in [-0.39, 0.29) is 6.15 Å². The van der Waals surface area contributed by atoms with Crippen molar-refractivity contribution in [1.29, 1.82) is 0 Å². The van der Waals surface area contributed by atoms with Gasteiger partial charge in [0.05, 0.1) is 21.1 Å². The number of hydrogen-bond acceptors (Lipinski definition) is 8. The van der Waals surface area contributed by atoms with Gasteiger partial charge in [0.25, 0.3) is 0 Å². The first-order chi connectivity index (χ1) is 13.6. The number of hydrogen-bond donors (Lipinski definition) is 2. The van der Waals surface area contributed by atoms with Crippen molar-refractivity contribution < 1.29 is 64.9 Å². The Morgan fingerprint density at radius 1 is 0.484 bits per heavy atom. The molecule has 0 saturated heterocycles. The minimum atomic E-state index is -6.11. The third-order valence-corrected chi connectivity index (χ3v) is 3.46. The summed E-state index contributed by atoms with van der Waals surface area (Å²) in [5, 5.41) is 0. The quantitative estimate of drug-likeness (QED) is 0.266. The third-order valence-electron chi connectivity index (χ3n) is 3.46. The van der Waals surface area contributed by atoms with Crippen LogP contribution >= 0.6 is 0 Å². The molecular weight excluding hydrogens is 757 g/mol. The van der Waals surface area contributed by atoms with Crippen molar-refractivity contribution >= 4 is 0 Å². The molecule has 0 fully saturated rings. The van der Waals surface area contributed by atoms with Gasteiger partial charge >= 0.3 is 60.0 Å². The first kappa shape index (κ1) is 41.2. The molecular formula is C19H48N2O8Re2. The molecule has 0 rings (SSSR count). The molecule has 0 aliphatic carbocycles. The van der Waals surface area contributed by atoms with Crippen LogP contribution in [-0.2, 0) is 52.4 Å². The Hall–Kier alpha value is -0.0353. The molecule has 0 amide bonds. The summed E-state index contributed by atoms with van der Waals surface area (Å²) in [6.45, 7) is 4.58. The zero-order valence-electron chi connectivity index (χ0n) is 20.4. The summed E-state index contributed by atoms with van der Waals surface area (Å²) < 4.78 is 69.1. The van der Waals surface area contributed by atoms with Gasteiger partial charge in [0, 0.05) is 0 Å². The van der Waals surface area contributed by atoms with Crippen molar-refractivity contribution in [2.45, 2.75) is 104 Å². The van der Waals surface area contributed by atoms with E-state index in [0.717, 1.165) is 0 Å². The molecule has 0 aliphatic heterocycles. The average Bonchev–Trinajstić information content (AvgIpc) is 2.52. The van der Waals surface area contributed by atoms with Crippen LogP contribution in [0, 0.1) is 0 Å². The Labute approximate surface area is 195 Å². The summed E-state index contributed by atoms with van der Waals surface area (Å²) in [6, 6.07) is 0. The van der Waals surface area contributed by atoms with Crippen LogP contribution in [0.5, 0.6) is 0 Å². The summed E-state index contributed by atoms with van der Waals surface area (Å²) >= 11 is -12.2. The Bertz CT molecular complexity index is 552. The topological polar surface area (TPSA) is 189 Å². The van der Waals surface area contributed by atoms with Crippen molar-refractivity contribution in [3.8, 4) is 0 Å². The van der Waals surface area contributed by atoms with Crippen LogP contribution in [-0.4, -0.2) is 21.1 Å². The first-order valence-electron chi connectivity index (χ1n) is 10.6. The molecule has 12 heteroatoms. The molecule has 0 aliphatic rings. The molecule has 0 heterocycles. The zero-order valence-corrected chi connectivity index (χ0v) is 25.9. The summed E-state index contributed by atoms with van der Waals surface area (Å²) in [6.07, 6.45) is 20.4. The second kappa shape index (κ2) is 30.0. The number of quaternary nitrogens is 2. The maximum atomic E-state index is 8.64. The van der Waals surface area contributed by atoms with E-state index in [1.54, 1.807) is 0 Å². The van der Waals surface area contributed by atoms with Gasteiger partial charge in [-0.05, 0) is 0 Å². The van der Waals surface area contributed by atoms with Crippen molar-refractivity contribution in [1.82, 2.24) is 6.15 Å². The molecule has 0 aromatic rings. The second-order valence-electron chi connectivity index (χ2n) is 7.50. The normalized spacial score (nSPS) is 10.5. The van der Waals surface area contributed by atoms with Crippen molar-refractivity contribution in [2.24, 2.45) is 0 Å². The number of rotatable bonds is 13. The van der Waals surface area contributed by atoms with Gasteiger partial charge in [0.2, 0.25) is 0 Å². The SMILES string of the molecule is CCCCCCCCCCCCCCCC.C[NH+](C)C.[NH4+].[O]=[Re](=[O])(=[O])[O-].[O]=[Re](=[O])(=[O])[O-]. The molecule has 0 unspecified atom stereocenters. The molecule has 10 nitrogen and oxygen atoms in total. The van der Waals surface area contributed by atoms with Crippen molar-refractivity contribution in [3.05, 3.63) is 0 Å². The van der Waals surface area contributed by atoms with Crippen LogP contribution in [0.25, 0.3) is 0 Å². The molecule has 31 heavy (non-hydrogen) atoms. The summed E-state index contributed by atoms with van der Waals surface area (Å²) in [5.41, 5.74) is 0. The molecule has 0 spiro atoms. The van der Waals surface area contributed by atoms with E-state index in [0.29, 0.717) is 0 Å². The summed E-state index contributed by atoms with van der Waals surface area (Å²) in [5.74, 6) is 0. The monoisotopic (exact) mass is 806 g/mol. The Morgan fingerprint density at radius 2 is 0.581 bits per heavy atom. The van der Waals surface area contributed by atoms with E-state index >= 15 is 0 Å². The number of unbranched alkanes of at least 4 members (excludes halogenated alkanes) is 13. The average molecular weight is 805 g/mol.